The van der Waals surface area contributed by atoms with Gasteiger partial charge in [0.05, 0.1) is 29.2 Å². The SMILES string of the molecule is CCOCCCN(C(=O)CCOC)[C@@H]1CC(C(=O)NCCO)=C[C@H](Oc2ccccc2I)[C@H]1O. The lowest BCUT2D eigenvalue weighted by Gasteiger charge is -2.40. The van der Waals surface area contributed by atoms with Gasteiger partial charge in [0, 0.05) is 45.4 Å². The summed E-state index contributed by atoms with van der Waals surface area (Å²) >= 11 is 2.14. The highest BCUT2D eigenvalue weighted by Crippen LogP contribution is 2.30. The first kappa shape index (κ1) is 28.5. The summed E-state index contributed by atoms with van der Waals surface area (Å²) in [6.07, 6.45) is 0.630. The third kappa shape index (κ3) is 8.49. The number of nitrogens with one attached hydrogen (secondary N) is 1. The Labute approximate surface area is 214 Å². The Bertz CT molecular complexity index is 820. The molecule has 3 atom stereocenters. The molecule has 0 aliphatic heterocycles. The number of aliphatic hydroxyl groups excluding tert-OH is 2. The van der Waals surface area contributed by atoms with Gasteiger partial charge in [0.15, 0.2) is 0 Å². The molecule has 1 aliphatic carbocycles. The van der Waals surface area contributed by atoms with Crippen LogP contribution < -0.4 is 10.1 Å². The lowest BCUT2D eigenvalue weighted by molar-refractivity contribution is -0.139. The second kappa shape index (κ2) is 15.3. The predicted molar refractivity (Wildman–Crippen MR) is 135 cm³/mol. The number of halogens is 1. The number of ether oxygens (including phenoxy) is 3. The molecule has 0 heterocycles. The Kier molecular flexibility index (Phi) is 12.8. The predicted octanol–water partition coefficient (Wildman–Crippen LogP) is 1.50. The fraction of sp³-hybridized carbons (Fsp3) is 0.583. The number of nitrogens with zero attached hydrogens (tertiary/aromatic N) is 1. The topological polar surface area (TPSA) is 118 Å². The van der Waals surface area contributed by atoms with E-state index in [0.29, 0.717) is 37.5 Å². The molecule has 0 saturated heterocycles. The van der Waals surface area contributed by atoms with Gasteiger partial charge in [0.25, 0.3) is 0 Å². The number of amides is 2. The van der Waals surface area contributed by atoms with Crippen molar-refractivity contribution < 1.29 is 34.0 Å². The van der Waals surface area contributed by atoms with Crippen molar-refractivity contribution in [1.82, 2.24) is 10.2 Å². The zero-order valence-corrected chi connectivity index (χ0v) is 21.9. The van der Waals surface area contributed by atoms with Crippen LogP contribution in [-0.2, 0) is 19.1 Å². The molecule has 0 bridgehead atoms. The Morgan fingerprint density at radius 3 is 2.71 bits per heavy atom. The van der Waals surface area contributed by atoms with E-state index in [1.54, 1.807) is 17.0 Å². The molecule has 2 rings (SSSR count). The summed E-state index contributed by atoms with van der Waals surface area (Å²) < 4.78 is 17.5. The second-order valence-electron chi connectivity index (χ2n) is 7.83. The summed E-state index contributed by atoms with van der Waals surface area (Å²) in [5.74, 6) is 0.0427. The van der Waals surface area contributed by atoms with Crippen LogP contribution in [0.5, 0.6) is 5.75 Å². The van der Waals surface area contributed by atoms with Gasteiger partial charge in [-0.2, -0.15) is 0 Å². The van der Waals surface area contributed by atoms with Crippen LogP contribution in [0.2, 0.25) is 0 Å². The van der Waals surface area contributed by atoms with Gasteiger partial charge in [0.1, 0.15) is 18.0 Å². The molecule has 0 unspecified atom stereocenters. The van der Waals surface area contributed by atoms with E-state index in [1.807, 2.05) is 25.1 Å². The number of hydrogen-bond donors (Lipinski definition) is 3. The van der Waals surface area contributed by atoms with E-state index in [2.05, 4.69) is 27.9 Å². The van der Waals surface area contributed by atoms with Crippen LogP contribution in [0.4, 0.5) is 0 Å². The Morgan fingerprint density at radius 1 is 1.26 bits per heavy atom. The van der Waals surface area contributed by atoms with Crippen molar-refractivity contribution in [2.24, 2.45) is 0 Å². The van der Waals surface area contributed by atoms with Crippen molar-refractivity contribution >= 4 is 34.4 Å². The van der Waals surface area contributed by atoms with Gasteiger partial charge in [-0.15, -0.1) is 0 Å². The molecule has 9 nitrogen and oxygen atoms in total. The zero-order chi connectivity index (χ0) is 24.9. The molecule has 0 spiro atoms. The van der Waals surface area contributed by atoms with Crippen LogP contribution in [0, 0.1) is 3.57 Å². The van der Waals surface area contributed by atoms with Crippen molar-refractivity contribution in [3.8, 4) is 5.75 Å². The summed E-state index contributed by atoms with van der Waals surface area (Å²) in [6.45, 7) is 3.50. The lowest BCUT2D eigenvalue weighted by Crippen LogP contribution is -2.55. The monoisotopic (exact) mass is 590 g/mol. The van der Waals surface area contributed by atoms with E-state index >= 15 is 0 Å². The minimum atomic E-state index is -1.05. The number of aliphatic hydroxyl groups is 2. The standard InChI is InChI=1S/C24H35IN2O7/c1-3-33-13-6-11-27(22(29)9-14-32-2)19-15-17(24(31)26-10-12-28)16-21(23(19)30)34-20-8-5-4-7-18(20)25/h4-5,7-8,16,19,21,23,28,30H,3,6,9-15H2,1-2H3,(H,26,31)/t19-,21+,23+/m1/s1. The molecule has 0 aromatic heterocycles. The summed E-state index contributed by atoms with van der Waals surface area (Å²) in [5, 5.41) is 23.1. The van der Waals surface area contributed by atoms with Crippen molar-refractivity contribution in [3.63, 3.8) is 0 Å². The smallest absolute Gasteiger partial charge is 0.247 e. The molecule has 190 valence electrons. The third-order valence-corrected chi connectivity index (χ3v) is 6.34. The molecule has 0 saturated carbocycles. The minimum Gasteiger partial charge on any atom is -0.482 e. The first-order valence-electron chi connectivity index (χ1n) is 11.5. The summed E-state index contributed by atoms with van der Waals surface area (Å²) in [6, 6.07) is 6.72. The average molecular weight is 590 g/mol. The largest absolute Gasteiger partial charge is 0.482 e. The number of rotatable bonds is 14. The van der Waals surface area contributed by atoms with Crippen LogP contribution in [0.3, 0.4) is 0 Å². The maximum Gasteiger partial charge on any atom is 0.247 e. The van der Waals surface area contributed by atoms with Gasteiger partial charge >= 0.3 is 0 Å². The maximum atomic E-state index is 13.1. The fourth-order valence-electron chi connectivity index (χ4n) is 3.76. The van der Waals surface area contributed by atoms with Crippen LogP contribution in [0.15, 0.2) is 35.9 Å². The molecule has 10 heteroatoms. The van der Waals surface area contributed by atoms with E-state index < -0.39 is 18.2 Å². The molecule has 1 aromatic carbocycles. The minimum absolute atomic E-state index is 0.107. The zero-order valence-electron chi connectivity index (χ0n) is 19.7. The van der Waals surface area contributed by atoms with Crippen LogP contribution in [0.1, 0.15) is 26.2 Å². The molecule has 0 fully saturated rings. The highest BCUT2D eigenvalue weighted by atomic mass is 127. The van der Waals surface area contributed by atoms with Gasteiger partial charge in [-0.3, -0.25) is 9.59 Å². The van der Waals surface area contributed by atoms with E-state index in [4.69, 9.17) is 19.3 Å². The van der Waals surface area contributed by atoms with Gasteiger partial charge < -0.3 is 34.6 Å². The maximum absolute atomic E-state index is 13.1. The Hall–Kier alpha value is -1.73. The number of hydrogen-bond acceptors (Lipinski definition) is 7. The van der Waals surface area contributed by atoms with Gasteiger partial charge in [-0.1, -0.05) is 12.1 Å². The number of carbonyl (C=O) groups is 2. The highest BCUT2D eigenvalue weighted by Gasteiger charge is 2.40. The Balaban J connectivity index is 2.33. The van der Waals surface area contributed by atoms with E-state index in [1.165, 1.54) is 7.11 Å². The molecule has 2 amide bonds. The molecule has 1 aliphatic rings. The van der Waals surface area contributed by atoms with Gasteiger partial charge in [-0.25, -0.2) is 0 Å². The van der Waals surface area contributed by atoms with E-state index in [0.717, 1.165) is 3.57 Å². The first-order valence-corrected chi connectivity index (χ1v) is 12.6. The summed E-state index contributed by atoms with van der Waals surface area (Å²) in [4.78, 5) is 27.5. The third-order valence-electron chi connectivity index (χ3n) is 5.45. The van der Waals surface area contributed by atoms with E-state index in [-0.39, 0.29) is 44.4 Å². The number of methoxy groups -OCH3 is 1. The van der Waals surface area contributed by atoms with Crippen molar-refractivity contribution in [1.29, 1.82) is 0 Å². The van der Waals surface area contributed by atoms with Crippen LogP contribution in [-0.4, -0.2) is 91.8 Å². The highest BCUT2D eigenvalue weighted by molar-refractivity contribution is 14.1. The molecular formula is C24H35IN2O7. The molecule has 1 aromatic rings. The van der Waals surface area contributed by atoms with Crippen molar-refractivity contribution in [3.05, 3.63) is 39.5 Å². The Morgan fingerprint density at radius 2 is 2.03 bits per heavy atom. The number of benzene rings is 1. The fourth-order valence-corrected chi connectivity index (χ4v) is 4.27. The summed E-state index contributed by atoms with van der Waals surface area (Å²) in [7, 11) is 1.53. The van der Waals surface area contributed by atoms with Crippen molar-refractivity contribution in [2.45, 2.75) is 44.4 Å². The molecule has 0 radical (unpaired) electrons. The van der Waals surface area contributed by atoms with E-state index in [9.17, 15) is 14.7 Å². The van der Waals surface area contributed by atoms with Gasteiger partial charge in [0.2, 0.25) is 11.8 Å². The quantitative estimate of drug-likeness (QED) is 0.222. The van der Waals surface area contributed by atoms with Crippen LogP contribution in [0.25, 0.3) is 0 Å². The summed E-state index contributed by atoms with van der Waals surface area (Å²) in [5.41, 5.74) is 0.397. The molecule has 3 N–H and O–H groups in total. The average Bonchev–Trinajstić information content (AvgIpc) is 2.84. The van der Waals surface area contributed by atoms with Gasteiger partial charge in [-0.05, 0) is 54.1 Å². The first-order chi connectivity index (χ1) is 16.4. The number of carbonyl (C=O) groups excluding carboxylic acids is 2. The molecular weight excluding hydrogens is 555 g/mol. The van der Waals surface area contributed by atoms with Crippen LogP contribution >= 0.6 is 22.6 Å². The second-order valence-corrected chi connectivity index (χ2v) is 8.99. The normalized spacial score (nSPS) is 19.9. The molecule has 34 heavy (non-hydrogen) atoms. The lowest BCUT2D eigenvalue weighted by atomic mass is 9.88. The number of para-hydroxylation sites is 1. The van der Waals surface area contributed by atoms with Crippen molar-refractivity contribution in [2.75, 3.05) is 46.6 Å².